The van der Waals surface area contributed by atoms with Gasteiger partial charge < -0.3 is 19.5 Å². The molecule has 6 nitrogen and oxygen atoms in total. The highest BCUT2D eigenvalue weighted by atomic mass is 35.5. The predicted octanol–water partition coefficient (Wildman–Crippen LogP) is 5.38. The van der Waals surface area contributed by atoms with Gasteiger partial charge in [0.15, 0.2) is 0 Å². The third-order valence-corrected chi connectivity index (χ3v) is 6.73. The number of esters is 1. The van der Waals surface area contributed by atoms with Gasteiger partial charge in [0, 0.05) is 55.2 Å². The number of aromatic nitrogens is 1. The van der Waals surface area contributed by atoms with Gasteiger partial charge in [-0.25, -0.2) is 0 Å². The molecule has 0 bridgehead atoms. The van der Waals surface area contributed by atoms with Gasteiger partial charge in [0.1, 0.15) is 5.75 Å². The minimum absolute atomic E-state index is 0. The van der Waals surface area contributed by atoms with Crippen LogP contribution in [0.5, 0.6) is 5.75 Å². The molecule has 1 saturated heterocycles. The van der Waals surface area contributed by atoms with Crippen LogP contribution in [0.4, 0.5) is 0 Å². The average molecular weight is 498 g/mol. The first-order chi connectivity index (χ1) is 16.3. The van der Waals surface area contributed by atoms with E-state index in [9.17, 15) is 9.59 Å². The Labute approximate surface area is 214 Å². The van der Waals surface area contributed by atoms with E-state index in [1.165, 1.54) is 12.5 Å². The predicted molar refractivity (Wildman–Crippen MR) is 143 cm³/mol. The second-order valence-electron chi connectivity index (χ2n) is 9.54. The van der Waals surface area contributed by atoms with Crippen molar-refractivity contribution < 1.29 is 14.3 Å². The number of carbonyl (C=O) groups is 2. The maximum atomic E-state index is 13.9. The Hall–Kier alpha value is -2.83. The summed E-state index contributed by atoms with van der Waals surface area (Å²) in [5.74, 6) is 0.125. The molecule has 0 saturated carbocycles. The number of hydrogen-bond donors (Lipinski definition) is 1. The zero-order chi connectivity index (χ0) is 24.2. The van der Waals surface area contributed by atoms with E-state index in [-0.39, 0.29) is 36.4 Å². The lowest BCUT2D eigenvalue weighted by Crippen LogP contribution is -2.50. The molecule has 3 aromatic rings. The van der Waals surface area contributed by atoms with E-state index in [0.29, 0.717) is 11.3 Å². The molecular weight excluding hydrogens is 462 g/mol. The van der Waals surface area contributed by atoms with Crippen LogP contribution >= 0.6 is 12.4 Å². The van der Waals surface area contributed by atoms with Crippen molar-refractivity contribution in [2.75, 3.05) is 19.6 Å². The standard InChI is InChI=1S/C28H35N3O3.ClH/c1-19(2)31(23-13-16-30(17-14-23)15-12-22-8-6-5-7-9-22)28(33)27-20(3)29-26-11-10-24(18-25(26)27)34-21(4)32;/h5-11,18-19,23,29H,12-17H2,1-4H3;1H. The van der Waals surface area contributed by atoms with Crippen LogP contribution in [0.1, 0.15) is 55.2 Å². The minimum atomic E-state index is -0.373. The summed E-state index contributed by atoms with van der Waals surface area (Å²) >= 11 is 0. The number of H-pyrrole nitrogens is 1. The molecular formula is C28H36ClN3O3. The van der Waals surface area contributed by atoms with Gasteiger partial charge in [-0.2, -0.15) is 0 Å². The first kappa shape index (κ1) is 26.8. The molecule has 1 aromatic heterocycles. The molecule has 7 heteroatoms. The first-order valence-corrected chi connectivity index (χ1v) is 12.2. The van der Waals surface area contributed by atoms with Crippen LogP contribution in [-0.2, 0) is 11.2 Å². The molecule has 1 amide bonds. The number of carbonyl (C=O) groups excluding carboxylic acids is 2. The summed E-state index contributed by atoms with van der Waals surface area (Å²) in [7, 11) is 0. The summed E-state index contributed by atoms with van der Waals surface area (Å²) in [6.07, 6.45) is 3.00. The molecule has 0 aliphatic carbocycles. The van der Waals surface area contributed by atoms with E-state index in [0.717, 1.165) is 55.5 Å². The second-order valence-corrected chi connectivity index (χ2v) is 9.54. The lowest BCUT2D eigenvalue weighted by molar-refractivity contribution is -0.131. The normalized spacial score (nSPS) is 14.7. The number of benzene rings is 2. The number of amides is 1. The zero-order valence-corrected chi connectivity index (χ0v) is 21.9. The van der Waals surface area contributed by atoms with Crippen molar-refractivity contribution in [3.63, 3.8) is 0 Å². The monoisotopic (exact) mass is 497 g/mol. The van der Waals surface area contributed by atoms with Crippen molar-refractivity contribution in [3.05, 3.63) is 65.4 Å². The van der Waals surface area contributed by atoms with Crippen LogP contribution in [0.15, 0.2) is 48.5 Å². The van der Waals surface area contributed by atoms with E-state index >= 15 is 0 Å². The van der Waals surface area contributed by atoms with Crippen LogP contribution in [-0.4, -0.2) is 58.4 Å². The maximum Gasteiger partial charge on any atom is 0.308 e. The number of halogens is 1. The Morgan fingerprint density at radius 3 is 2.43 bits per heavy atom. The number of piperidine rings is 1. The summed E-state index contributed by atoms with van der Waals surface area (Å²) in [5, 5.41) is 0.798. The van der Waals surface area contributed by atoms with Crippen LogP contribution in [0, 0.1) is 6.92 Å². The molecule has 2 heterocycles. The Balaban J connectivity index is 0.00000342. The number of hydrogen-bond acceptors (Lipinski definition) is 4. The second kappa shape index (κ2) is 11.7. The number of rotatable bonds is 7. The lowest BCUT2D eigenvalue weighted by atomic mass is 9.99. The van der Waals surface area contributed by atoms with Crippen LogP contribution in [0.25, 0.3) is 10.9 Å². The number of aryl methyl sites for hydroxylation is 1. The highest BCUT2D eigenvalue weighted by Crippen LogP contribution is 2.30. The van der Waals surface area contributed by atoms with E-state index in [2.05, 4.69) is 59.0 Å². The third-order valence-electron chi connectivity index (χ3n) is 6.73. The van der Waals surface area contributed by atoms with Crippen molar-refractivity contribution >= 4 is 35.2 Å². The number of nitrogens with zero attached hydrogens (tertiary/aromatic N) is 2. The van der Waals surface area contributed by atoms with Crippen molar-refractivity contribution in [2.45, 2.75) is 59.0 Å². The number of ether oxygens (including phenoxy) is 1. The fourth-order valence-corrected chi connectivity index (χ4v) is 5.11. The van der Waals surface area contributed by atoms with Gasteiger partial charge in [0.2, 0.25) is 0 Å². The van der Waals surface area contributed by atoms with Gasteiger partial charge in [0.05, 0.1) is 5.56 Å². The summed E-state index contributed by atoms with van der Waals surface area (Å²) in [6.45, 7) is 10.5. The molecule has 1 fully saturated rings. The van der Waals surface area contributed by atoms with E-state index < -0.39 is 0 Å². The molecule has 0 unspecified atom stereocenters. The SMILES string of the molecule is CC(=O)Oc1ccc2[nH]c(C)c(C(=O)N(C(C)C)C3CCN(CCc4ccccc4)CC3)c2c1.Cl. The molecule has 35 heavy (non-hydrogen) atoms. The summed E-state index contributed by atoms with van der Waals surface area (Å²) in [5.41, 5.74) is 3.75. The van der Waals surface area contributed by atoms with Gasteiger partial charge >= 0.3 is 5.97 Å². The lowest BCUT2D eigenvalue weighted by Gasteiger charge is -2.40. The highest BCUT2D eigenvalue weighted by molar-refractivity contribution is 6.08. The Bertz CT molecular complexity index is 1150. The molecule has 188 valence electrons. The number of nitrogens with one attached hydrogen (secondary N) is 1. The smallest absolute Gasteiger partial charge is 0.308 e. The number of fused-ring (bicyclic) bond motifs is 1. The average Bonchev–Trinajstić information content (AvgIpc) is 3.13. The molecule has 4 rings (SSSR count). The summed E-state index contributed by atoms with van der Waals surface area (Å²) in [6, 6.07) is 16.3. The van der Waals surface area contributed by atoms with E-state index in [1.54, 1.807) is 12.1 Å². The van der Waals surface area contributed by atoms with Crippen molar-refractivity contribution in [2.24, 2.45) is 0 Å². The fraction of sp³-hybridized carbons (Fsp3) is 0.429. The Kier molecular flexibility index (Phi) is 8.98. The van der Waals surface area contributed by atoms with E-state index in [4.69, 9.17) is 4.74 Å². The topological polar surface area (TPSA) is 65.6 Å². The van der Waals surface area contributed by atoms with Crippen LogP contribution in [0.2, 0.25) is 0 Å². The molecule has 1 N–H and O–H groups in total. The van der Waals surface area contributed by atoms with Crippen molar-refractivity contribution in [3.8, 4) is 5.75 Å². The Morgan fingerprint density at radius 1 is 1.11 bits per heavy atom. The van der Waals surface area contributed by atoms with Crippen molar-refractivity contribution in [1.82, 2.24) is 14.8 Å². The van der Waals surface area contributed by atoms with Gasteiger partial charge in [0.25, 0.3) is 5.91 Å². The molecule has 1 aliphatic rings. The van der Waals surface area contributed by atoms with Crippen molar-refractivity contribution in [1.29, 1.82) is 0 Å². The third kappa shape index (κ3) is 6.24. The molecule has 0 atom stereocenters. The molecule has 0 radical (unpaired) electrons. The first-order valence-electron chi connectivity index (χ1n) is 12.2. The van der Waals surface area contributed by atoms with Crippen LogP contribution in [0.3, 0.4) is 0 Å². The molecule has 0 spiro atoms. The van der Waals surface area contributed by atoms with Gasteiger partial charge in [-0.3, -0.25) is 9.59 Å². The van der Waals surface area contributed by atoms with Gasteiger partial charge in [-0.1, -0.05) is 30.3 Å². The summed E-state index contributed by atoms with van der Waals surface area (Å²) < 4.78 is 5.27. The van der Waals surface area contributed by atoms with Gasteiger partial charge in [-0.15, -0.1) is 12.4 Å². The number of likely N-dealkylation sites (tertiary alicyclic amines) is 1. The fourth-order valence-electron chi connectivity index (χ4n) is 5.11. The molecule has 1 aliphatic heterocycles. The summed E-state index contributed by atoms with van der Waals surface area (Å²) in [4.78, 5) is 33.2. The van der Waals surface area contributed by atoms with Gasteiger partial charge in [-0.05, 0) is 63.8 Å². The highest BCUT2D eigenvalue weighted by Gasteiger charge is 2.32. The number of aromatic amines is 1. The van der Waals surface area contributed by atoms with Crippen LogP contribution < -0.4 is 4.74 Å². The Morgan fingerprint density at radius 2 is 1.80 bits per heavy atom. The minimum Gasteiger partial charge on any atom is -0.427 e. The largest absolute Gasteiger partial charge is 0.427 e. The maximum absolute atomic E-state index is 13.9. The quantitative estimate of drug-likeness (QED) is 0.351. The molecule has 2 aromatic carbocycles. The van der Waals surface area contributed by atoms with E-state index in [1.807, 2.05) is 13.0 Å². The zero-order valence-electron chi connectivity index (χ0n) is 21.0.